The van der Waals surface area contributed by atoms with E-state index in [1.807, 2.05) is 0 Å². The smallest absolute Gasteiger partial charge is 0.294 e. The molecule has 9 nitrogen and oxygen atoms in total. The molecule has 0 amide bonds. The molecule has 0 fully saturated rings. The quantitative estimate of drug-likeness (QED) is 0.271. The third-order valence-corrected chi connectivity index (χ3v) is 7.09. The van der Waals surface area contributed by atoms with Crippen molar-refractivity contribution < 1.29 is 41.3 Å². The first-order valence-electron chi connectivity index (χ1n) is 9.29. The van der Waals surface area contributed by atoms with Gasteiger partial charge in [-0.2, -0.15) is 16.8 Å². The minimum atomic E-state index is -4.67. The van der Waals surface area contributed by atoms with E-state index in [1.165, 1.54) is 0 Å². The molecule has 32 heavy (non-hydrogen) atoms. The summed E-state index contributed by atoms with van der Waals surface area (Å²) in [5, 5.41) is 32.3. The molecule has 0 unspecified atom stereocenters. The van der Waals surface area contributed by atoms with Crippen LogP contribution in [-0.2, 0) is 39.5 Å². The molecule has 1 aliphatic carbocycles. The van der Waals surface area contributed by atoms with Crippen molar-refractivity contribution in [2.24, 2.45) is 0 Å². The maximum atomic E-state index is 11.8. The molecule has 0 spiro atoms. The second kappa shape index (κ2) is 7.48. The van der Waals surface area contributed by atoms with Crippen molar-refractivity contribution in [2.75, 3.05) is 0 Å². The van der Waals surface area contributed by atoms with Gasteiger partial charge in [-0.15, -0.1) is 0 Å². The van der Waals surface area contributed by atoms with Crippen molar-refractivity contribution in [3.05, 3.63) is 75.8 Å². The van der Waals surface area contributed by atoms with E-state index in [-0.39, 0.29) is 58.8 Å². The highest BCUT2D eigenvalue weighted by atomic mass is 32.2. The van der Waals surface area contributed by atoms with Crippen molar-refractivity contribution in [2.45, 2.75) is 29.1 Å². The molecule has 3 aromatic rings. The van der Waals surface area contributed by atoms with E-state index >= 15 is 0 Å². The Morgan fingerprint density at radius 3 is 1.12 bits per heavy atom. The van der Waals surface area contributed by atoms with Crippen LogP contribution in [-0.4, -0.2) is 41.3 Å². The summed E-state index contributed by atoms with van der Waals surface area (Å²) < 4.78 is 66.3. The molecule has 5 N–H and O–H groups in total. The van der Waals surface area contributed by atoms with Crippen LogP contribution in [0, 0.1) is 0 Å². The van der Waals surface area contributed by atoms with Gasteiger partial charge in [-0.05, 0) is 35.4 Å². The van der Waals surface area contributed by atoms with Gasteiger partial charge in [0.05, 0.1) is 9.79 Å². The van der Waals surface area contributed by atoms with Crippen molar-refractivity contribution >= 4 is 20.2 Å². The maximum absolute atomic E-state index is 11.8. The molecule has 6 bridgehead atoms. The second-order valence-corrected chi connectivity index (χ2v) is 10.4. The maximum Gasteiger partial charge on any atom is 0.294 e. The number of rotatable bonds is 2. The molecule has 0 radical (unpaired) electrons. The van der Waals surface area contributed by atoms with Crippen molar-refractivity contribution in [3.8, 4) is 17.2 Å². The third kappa shape index (κ3) is 4.02. The van der Waals surface area contributed by atoms with Gasteiger partial charge in [-0.25, -0.2) is 0 Å². The van der Waals surface area contributed by atoms with Crippen LogP contribution in [0.5, 0.6) is 17.2 Å². The first-order chi connectivity index (χ1) is 14.8. The van der Waals surface area contributed by atoms with Crippen molar-refractivity contribution in [1.29, 1.82) is 0 Å². The van der Waals surface area contributed by atoms with Gasteiger partial charge in [0.2, 0.25) is 0 Å². The molecule has 0 heterocycles. The third-order valence-electron chi connectivity index (χ3n) is 5.42. The minimum absolute atomic E-state index is 0.0138. The normalized spacial score (nSPS) is 13.8. The summed E-state index contributed by atoms with van der Waals surface area (Å²) in [7, 11) is -9.34. The van der Waals surface area contributed by atoms with Gasteiger partial charge in [0.25, 0.3) is 20.2 Å². The Balaban J connectivity index is 2.10. The van der Waals surface area contributed by atoms with Crippen LogP contribution in [0.1, 0.15) is 33.4 Å². The standard InChI is InChI=1S/C21H18O9S2/c22-19-11-2-1-3-12(19)5-14-8-18(32(28,29)30)10-16(21(14)24)6-15-9-17(31(25,26)27)7-13(4-11)20(15)23/h1-3,7-10,22-24H,4-6H2,(H,25,26,27)(H,28,29,30). The average molecular weight is 479 g/mol. The Morgan fingerprint density at radius 2 is 0.812 bits per heavy atom. The topological polar surface area (TPSA) is 169 Å². The highest BCUT2D eigenvalue weighted by Crippen LogP contribution is 2.38. The van der Waals surface area contributed by atoms with Gasteiger partial charge in [-0.1, -0.05) is 18.2 Å². The van der Waals surface area contributed by atoms with E-state index < -0.39 is 30.0 Å². The van der Waals surface area contributed by atoms with Gasteiger partial charge in [0.1, 0.15) is 17.2 Å². The zero-order valence-electron chi connectivity index (χ0n) is 16.3. The largest absolute Gasteiger partial charge is 0.507 e. The summed E-state index contributed by atoms with van der Waals surface area (Å²) in [6.45, 7) is 0. The zero-order chi connectivity index (χ0) is 23.4. The van der Waals surface area contributed by atoms with Crippen LogP contribution in [0.15, 0.2) is 52.3 Å². The number of fused-ring (bicyclic) bond motifs is 6. The van der Waals surface area contributed by atoms with E-state index in [2.05, 4.69) is 0 Å². The summed E-state index contributed by atoms with van der Waals surface area (Å²) in [5.74, 6) is -0.883. The number of benzene rings is 3. The Hall–Kier alpha value is -3.12. The first kappa shape index (κ1) is 22.1. The fraction of sp³-hybridized carbons (Fsp3) is 0.143. The SMILES string of the molecule is O=S(=O)(O)c1cc2c(O)c(c1)Cc1cc(S(=O)(=O)O)cc(c1O)Cc1cccc(c1O)C2. The van der Waals surface area contributed by atoms with E-state index in [0.29, 0.717) is 11.1 Å². The number of para-hydroxylation sites is 1. The highest BCUT2D eigenvalue weighted by molar-refractivity contribution is 7.86. The van der Waals surface area contributed by atoms with Gasteiger partial charge in [-0.3, -0.25) is 9.11 Å². The molecule has 0 saturated heterocycles. The molecule has 4 rings (SSSR count). The van der Waals surface area contributed by atoms with Crippen LogP contribution in [0.4, 0.5) is 0 Å². The van der Waals surface area contributed by atoms with E-state index in [4.69, 9.17) is 0 Å². The summed E-state index contributed by atoms with van der Waals surface area (Å²) in [6.07, 6.45) is -0.416. The lowest BCUT2D eigenvalue weighted by Crippen LogP contribution is -2.06. The van der Waals surface area contributed by atoms with Crippen LogP contribution >= 0.6 is 0 Å². The zero-order valence-corrected chi connectivity index (χ0v) is 18.0. The molecule has 0 saturated carbocycles. The predicted octanol–water partition coefficient (Wildman–Crippen LogP) is 2.38. The molecular weight excluding hydrogens is 460 g/mol. The lowest BCUT2D eigenvalue weighted by atomic mass is 9.91. The Bertz CT molecular complexity index is 1370. The monoisotopic (exact) mass is 478 g/mol. The Morgan fingerprint density at radius 1 is 0.531 bits per heavy atom. The number of phenols is 3. The van der Waals surface area contributed by atoms with E-state index in [1.54, 1.807) is 18.2 Å². The molecular formula is C21H18O9S2. The summed E-state index contributed by atoms with van der Waals surface area (Å²) in [5.41, 5.74) is 0.827. The Kier molecular flexibility index (Phi) is 5.17. The van der Waals surface area contributed by atoms with Crippen molar-refractivity contribution in [1.82, 2.24) is 0 Å². The lowest BCUT2D eigenvalue weighted by Gasteiger charge is -2.18. The van der Waals surface area contributed by atoms with Crippen LogP contribution < -0.4 is 0 Å². The van der Waals surface area contributed by atoms with E-state index in [9.17, 15) is 41.3 Å². The summed E-state index contributed by atoms with van der Waals surface area (Å²) in [4.78, 5) is -1.03. The van der Waals surface area contributed by atoms with Gasteiger partial charge in [0, 0.05) is 41.5 Å². The first-order valence-corrected chi connectivity index (χ1v) is 12.2. The number of hydrogen-bond acceptors (Lipinski definition) is 7. The number of phenolic OH excluding ortho intramolecular Hbond substituents is 3. The summed E-state index contributed by atoms with van der Waals surface area (Å²) >= 11 is 0. The van der Waals surface area contributed by atoms with Gasteiger partial charge < -0.3 is 15.3 Å². The molecule has 1 aliphatic rings. The van der Waals surface area contributed by atoms with Crippen molar-refractivity contribution in [3.63, 3.8) is 0 Å². The molecule has 0 atom stereocenters. The summed E-state index contributed by atoms with van der Waals surface area (Å²) in [6, 6.07) is 8.89. The highest BCUT2D eigenvalue weighted by Gasteiger charge is 2.24. The molecule has 0 aromatic heterocycles. The number of hydrogen-bond donors (Lipinski definition) is 5. The van der Waals surface area contributed by atoms with E-state index in [0.717, 1.165) is 24.3 Å². The minimum Gasteiger partial charge on any atom is -0.507 e. The molecule has 11 heteroatoms. The number of aromatic hydroxyl groups is 3. The lowest BCUT2D eigenvalue weighted by molar-refractivity contribution is 0.449. The van der Waals surface area contributed by atoms with Crippen LogP contribution in [0.2, 0.25) is 0 Å². The molecule has 0 aliphatic heterocycles. The fourth-order valence-corrected chi connectivity index (χ4v) is 5.00. The van der Waals surface area contributed by atoms with Gasteiger partial charge >= 0.3 is 0 Å². The van der Waals surface area contributed by atoms with Crippen LogP contribution in [0.3, 0.4) is 0 Å². The molecule has 168 valence electrons. The molecule has 3 aromatic carbocycles. The second-order valence-electron chi connectivity index (χ2n) is 7.59. The average Bonchev–Trinajstić information content (AvgIpc) is 2.68. The predicted molar refractivity (Wildman–Crippen MR) is 112 cm³/mol. The van der Waals surface area contributed by atoms with Gasteiger partial charge in [0.15, 0.2) is 0 Å². The Labute approximate surface area is 183 Å². The fourth-order valence-electron chi connectivity index (χ4n) is 3.84. The van der Waals surface area contributed by atoms with Crippen LogP contribution in [0.25, 0.3) is 0 Å².